The first-order chi connectivity index (χ1) is 33.1. The minimum Gasteiger partial charge on any atom is -0.481 e. The second-order valence-electron chi connectivity index (χ2n) is 16.7. The number of hydrogen-bond donors (Lipinski definition) is 16. The molecule has 27 nitrogen and oxygen atoms in total. The summed E-state index contributed by atoms with van der Waals surface area (Å²) in [4.78, 5) is 137. The minimum absolute atomic E-state index is 0.0847. The molecular formula is C43H67N13O14. The van der Waals surface area contributed by atoms with E-state index < -0.39 is 140 Å². The van der Waals surface area contributed by atoms with Crippen molar-refractivity contribution >= 4 is 59.1 Å². The average Bonchev–Trinajstić information content (AvgIpc) is 3.82. The number of carbonyl (C=O) groups excluding carboxylic acids is 9. The van der Waals surface area contributed by atoms with E-state index in [4.69, 9.17) is 17.2 Å². The van der Waals surface area contributed by atoms with E-state index in [2.05, 4.69) is 52.5 Å². The highest BCUT2D eigenvalue weighted by atomic mass is 16.4. The topological polar surface area (TPSA) is 455 Å². The number of H-pyrrole nitrogens is 1. The van der Waals surface area contributed by atoms with Crippen LogP contribution in [0.5, 0.6) is 0 Å². The molecule has 388 valence electrons. The van der Waals surface area contributed by atoms with Crippen LogP contribution in [0.3, 0.4) is 0 Å². The third kappa shape index (κ3) is 21.1. The number of primary amides is 1. The number of nitrogens with zero attached hydrogens (tertiary/aromatic N) is 1. The van der Waals surface area contributed by atoms with Crippen molar-refractivity contribution in [3.8, 4) is 0 Å². The van der Waals surface area contributed by atoms with Gasteiger partial charge < -0.3 is 85.1 Å². The number of carboxylic acids is 1. The summed E-state index contributed by atoms with van der Waals surface area (Å²) in [6.07, 6.45) is 0.459. The number of aliphatic hydroxyl groups excluding tert-OH is 3. The fraction of sp³-hybridized carbons (Fsp3) is 0.558. The zero-order chi connectivity index (χ0) is 52.5. The van der Waals surface area contributed by atoms with Crippen LogP contribution >= 0.6 is 0 Å². The Labute approximate surface area is 403 Å². The number of aromatic amines is 1. The van der Waals surface area contributed by atoms with Gasteiger partial charge in [-0.25, -0.2) is 4.98 Å². The Bertz CT molecular complexity index is 2060. The Balaban J connectivity index is 2.30. The van der Waals surface area contributed by atoms with Gasteiger partial charge in [-0.15, -0.1) is 0 Å². The molecule has 0 bridgehead atoms. The lowest BCUT2D eigenvalue weighted by molar-refractivity contribution is -0.141. The first kappa shape index (κ1) is 59.1. The Morgan fingerprint density at radius 2 is 1.23 bits per heavy atom. The van der Waals surface area contributed by atoms with E-state index in [9.17, 15) is 68.4 Å². The van der Waals surface area contributed by atoms with Gasteiger partial charge in [-0.1, -0.05) is 44.2 Å². The number of rotatable bonds is 32. The summed E-state index contributed by atoms with van der Waals surface area (Å²) < 4.78 is 0. The predicted octanol–water partition coefficient (Wildman–Crippen LogP) is -6.47. The molecule has 9 amide bonds. The first-order valence-corrected chi connectivity index (χ1v) is 22.4. The van der Waals surface area contributed by atoms with Crippen molar-refractivity contribution in [3.63, 3.8) is 0 Å². The van der Waals surface area contributed by atoms with Crippen LogP contribution in [0.1, 0.15) is 64.1 Å². The second-order valence-corrected chi connectivity index (χ2v) is 16.7. The number of nitrogens with two attached hydrogens (primary N) is 3. The number of aliphatic hydroxyl groups is 3. The van der Waals surface area contributed by atoms with Gasteiger partial charge in [-0.2, -0.15) is 0 Å². The highest BCUT2D eigenvalue weighted by molar-refractivity contribution is 5.98. The molecule has 0 spiro atoms. The number of imidazole rings is 1. The van der Waals surface area contributed by atoms with Gasteiger partial charge >= 0.3 is 5.97 Å². The maximum atomic E-state index is 14.0. The molecule has 19 N–H and O–H groups in total. The Morgan fingerprint density at radius 1 is 0.671 bits per heavy atom. The van der Waals surface area contributed by atoms with Crippen molar-refractivity contribution in [3.05, 3.63) is 54.1 Å². The first-order valence-electron chi connectivity index (χ1n) is 22.4. The lowest BCUT2D eigenvalue weighted by Crippen LogP contribution is -2.61. The van der Waals surface area contributed by atoms with Crippen LogP contribution in [0.4, 0.5) is 0 Å². The number of nitrogens with one attached hydrogen (secondary N) is 9. The van der Waals surface area contributed by atoms with Gasteiger partial charge in [-0.3, -0.25) is 47.9 Å². The summed E-state index contributed by atoms with van der Waals surface area (Å²) in [5, 5.41) is 58.0. The molecular weight excluding hydrogens is 923 g/mol. The van der Waals surface area contributed by atoms with Crippen molar-refractivity contribution in [1.29, 1.82) is 0 Å². The average molecular weight is 990 g/mol. The van der Waals surface area contributed by atoms with Crippen molar-refractivity contribution in [2.75, 3.05) is 26.3 Å². The number of aliphatic carboxylic acids is 1. The van der Waals surface area contributed by atoms with Gasteiger partial charge in [0.1, 0.15) is 48.3 Å². The maximum absolute atomic E-state index is 14.0. The summed E-state index contributed by atoms with van der Waals surface area (Å²) in [5.41, 5.74) is 17.5. The lowest BCUT2D eigenvalue weighted by atomic mass is 10.0. The van der Waals surface area contributed by atoms with Gasteiger partial charge in [0, 0.05) is 24.7 Å². The van der Waals surface area contributed by atoms with E-state index >= 15 is 0 Å². The van der Waals surface area contributed by atoms with Crippen LogP contribution in [0.15, 0.2) is 42.9 Å². The number of hydrogen-bond acceptors (Lipinski definition) is 16. The number of benzene rings is 1. The highest BCUT2D eigenvalue weighted by Crippen LogP contribution is 2.09. The fourth-order valence-electron chi connectivity index (χ4n) is 6.60. The molecule has 0 saturated heterocycles. The van der Waals surface area contributed by atoms with E-state index in [1.165, 1.54) is 19.4 Å². The standard InChI is InChI=1S/C43H67N13O14/c1-22(2)13-28(42(69)56-35(23(3)59)36(46)63)50-33(60)18-48-38(65)30(15-25-17-47-21-49-25)53-39(66)27(11-7-8-12-44)51-41(68)31(16-34(61)62)54-43(70)32(20-58)55-40(67)29(52-37(64)26(45)19-57)14-24-9-5-4-6-10-24/h4-6,9-10,17,21-23,26-32,35,57-59H,7-8,11-16,18-20,44-45H2,1-3H3,(H2,46,63)(H,47,49)(H,48,65)(H,50,60)(H,51,68)(H,52,64)(H,53,66)(H,54,70)(H,55,67)(H,56,69)(H,61,62)/t23-,26+,27+,28+,29+,30+,31+,32+,35+/m1/s1. The Hall–Kier alpha value is -7.07. The largest absolute Gasteiger partial charge is 0.481 e. The second kappa shape index (κ2) is 30.4. The molecule has 27 heteroatoms. The van der Waals surface area contributed by atoms with E-state index in [0.29, 0.717) is 17.7 Å². The van der Waals surface area contributed by atoms with Crippen molar-refractivity contribution in [1.82, 2.24) is 52.5 Å². The number of carboxylic acid groups (broad SMARTS) is 1. The van der Waals surface area contributed by atoms with E-state index in [1.54, 1.807) is 44.2 Å². The smallest absolute Gasteiger partial charge is 0.305 e. The minimum atomic E-state index is -1.92. The lowest BCUT2D eigenvalue weighted by Gasteiger charge is -2.26. The molecule has 2 rings (SSSR count). The molecule has 70 heavy (non-hydrogen) atoms. The molecule has 0 unspecified atom stereocenters. The van der Waals surface area contributed by atoms with Gasteiger partial charge in [0.2, 0.25) is 53.2 Å². The summed E-state index contributed by atoms with van der Waals surface area (Å²) in [6, 6.07) is -3.82. The number of amides is 9. The molecule has 1 heterocycles. The van der Waals surface area contributed by atoms with E-state index in [-0.39, 0.29) is 44.6 Å². The molecule has 0 saturated carbocycles. The summed E-state index contributed by atoms with van der Waals surface area (Å²) in [7, 11) is 0. The van der Waals surface area contributed by atoms with Gasteiger partial charge in [0.05, 0.1) is 38.6 Å². The van der Waals surface area contributed by atoms with Crippen LogP contribution in [-0.4, -0.2) is 170 Å². The van der Waals surface area contributed by atoms with Crippen LogP contribution in [0.2, 0.25) is 0 Å². The van der Waals surface area contributed by atoms with Crippen LogP contribution < -0.4 is 59.7 Å². The molecule has 0 fully saturated rings. The van der Waals surface area contributed by atoms with Gasteiger partial charge in [-0.05, 0) is 50.6 Å². The maximum Gasteiger partial charge on any atom is 0.305 e. The van der Waals surface area contributed by atoms with Crippen molar-refractivity contribution in [2.45, 2.75) is 120 Å². The number of unbranched alkanes of at least 4 members (excludes halogenated alkanes) is 1. The highest BCUT2D eigenvalue weighted by Gasteiger charge is 2.35. The molecule has 0 aliphatic rings. The molecule has 2 aromatic rings. The SMILES string of the molecule is CC(C)C[C@H](NC(=O)CNC(=O)[C@H](Cc1cnc[nH]1)NC(=O)[C@H](CCCCN)NC(=O)[C@H](CC(=O)O)NC(=O)[C@H](CO)NC(=O)[C@H](Cc1ccccc1)NC(=O)[C@@H](N)CO)C(=O)N[C@H](C(N)=O)[C@@H](C)O. The monoisotopic (exact) mass is 989 g/mol. The Morgan fingerprint density at radius 3 is 1.79 bits per heavy atom. The summed E-state index contributed by atoms with van der Waals surface area (Å²) in [6.45, 7) is 2.40. The molecule has 0 aliphatic heterocycles. The van der Waals surface area contributed by atoms with Gasteiger partial charge in [0.15, 0.2) is 0 Å². The molecule has 0 aliphatic carbocycles. The molecule has 1 aromatic heterocycles. The zero-order valence-corrected chi connectivity index (χ0v) is 39.1. The normalized spacial score (nSPS) is 14.9. The third-order valence-electron chi connectivity index (χ3n) is 10.3. The Kier molecular flexibility index (Phi) is 25.7. The quantitative estimate of drug-likeness (QED) is 0.0303. The van der Waals surface area contributed by atoms with Crippen molar-refractivity contribution in [2.24, 2.45) is 23.1 Å². The van der Waals surface area contributed by atoms with E-state index in [1.807, 2.05) is 0 Å². The third-order valence-corrected chi connectivity index (χ3v) is 10.3. The fourth-order valence-corrected chi connectivity index (χ4v) is 6.60. The van der Waals surface area contributed by atoms with Crippen LogP contribution in [0, 0.1) is 5.92 Å². The van der Waals surface area contributed by atoms with Crippen LogP contribution in [0.25, 0.3) is 0 Å². The predicted molar refractivity (Wildman–Crippen MR) is 247 cm³/mol. The molecule has 9 atom stereocenters. The summed E-state index contributed by atoms with van der Waals surface area (Å²) in [5.74, 6) is -10.6. The molecule has 0 radical (unpaired) electrons. The van der Waals surface area contributed by atoms with E-state index in [0.717, 1.165) is 0 Å². The van der Waals surface area contributed by atoms with Crippen LogP contribution in [-0.2, 0) is 60.8 Å². The van der Waals surface area contributed by atoms with Crippen molar-refractivity contribution < 1.29 is 68.4 Å². The molecule has 1 aromatic carbocycles. The zero-order valence-electron chi connectivity index (χ0n) is 39.1. The van der Waals surface area contributed by atoms with Gasteiger partial charge in [0.25, 0.3) is 0 Å². The number of carbonyl (C=O) groups is 10. The number of aromatic nitrogens is 2. The summed E-state index contributed by atoms with van der Waals surface area (Å²) >= 11 is 0.